The predicted octanol–water partition coefficient (Wildman–Crippen LogP) is 2.06. The molecule has 6 nitrogen and oxygen atoms in total. The molecule has 2 aromatic rings. The molecule has 0 spiro atoms. The SMILES string of the molecule is CCn1cc(CN2CCCC(F)(c3nc(C)no3)C2)cn1. The van der Waals surface area contributed by atoms with Crippen LogP contribution in [0.1, 0.15) is 37.0 Å². The Bertz CT molecular complexity index is 610. The highest BCUT2D eigenvalue weighted by molar-refractivity contribution is 5.07. The summed E-state index contributed by atoms with van der Waals surface area (Å²) < 4.78 is 22.0. The van der Waals surface area contributed by atoms with Crippen LogP contribution in [0.3, 0.4) is 0 Å². The van der Waals surface area contributed by atoms with Gasteiger partial charge in [0.15, 0.2) is 5.82 Å². The third-order valence-electron chi connectivity index (χ3n) is 3.85. The maximum Gasteiger partial charge on any atom is 0.265 e. The average molecular weight is 293 g/mol. The van der Waals surface area contributed by atoms with Crippen LogP contribution in [-0.4, -0.2) is 37.9 Å². The molecule has 0 bridgehead atoms. The van der Waals surface area contributed by atoms with Gasteiger partial charge < -0.3 is 4.52 Å². The maximum absolute atomic E-state index is 15.1. The monoisotopic (exact) mass is 293 g/mol. The summed E-state index contributed by atoms with van der Waals surface area (Å²) in [7, 11) is 0. The second-order valence-corrected chi connectivity index (χ2v) is 5.63. The molecule has 1 aliphatic rings. The van der Waals surface area contributed by atoms with E-state index in [9.17, 15) is 0 Å². The Morgan fingerprint density at radius 3 is 3.00 bits per heavy atom. The second kappa shape index (κ2) is 5.55. The van der Waals surface area contributed by atoms with Crippen LogP contribution < -0.4 is 0 Å². The smallest absolute Gasteiger partial charge is 0.265 e. The summed E-state index contributed by atoms with van der Waals surface area (Å²) >= 11 is 0. The molecule has 1 atom stereocenters. The van der Waals surface area contributed by atoms with Crippen molar-refractivity contribution in [1.82, 2.24) is 24.8 Å². The van der Waals surface area contributed by atoms with Gasteiger partial charge in [0.2, 0.25) is 5.67 Å². The highest BCUT2D eigenvalue weighted by Gasteiger charge is 2.42. The maximum atomic E-state index is 15.1. The first-order valence-electron chi connectivity index (χ1n) is 7.32. The molecule has 1 aliphatic heterocycles. The van der Waals surface area contributed by atoms with Gasteiger partial charge >= 0.3 is 0 Å². The average Bonchev–Trinajstić information content (AvgIpc) is 3.08. The Morgan fingerprint density at radius 1 is 1.48 bits per heavy atom. The van der Waals surface area contributed by atoms with Crippen LogP contribution >= 0.6 is 0 Å². The molecule has 0 aliphatic carbocycles. The zero-order chi connectivity index (χ0) is 14.9. The number of likely N-dealkylation sites (tertiary alicyclic amines) is 1. The Balaban J connectivity index is 1.70. The van der Waals surface area contributed by atoms with Gasteiger partial charge in [0.05, 0.1) is 6.20 Å². The van der Waals surface area contributed by atoms with E-state index in [4.69, 9.17) is 4.52 Å². The highest BCUT2D eigenvalue weighted by atomic mass is 19.1. The first-order chi connectivity index (χ1) is 10.1. The van der Waals surface area contributed by atoms with E-state index in [2.05, 4.69) is 20.1 Å². The van der Waals surface area contributed by atoms with Crippen molar-refractivity contribution >= 4 is 0 Å². The van der Waals surface area contributed by atoms with Crippen LogP contribution in [0.25, 0.3) is 0 Å². The van der Waals surface area contributed by atoms with Crippen molar-refractivity contribution in [3.63, 3.8) is 0 Å². The first kappa shape index (κ1) is 14.2. The molecule has 0 amide bonds. The number of alkyl halides is 1. The number of aromatic nitrogens is 4. The lowest BCUT2D eigenvalue weighted by atomic mass is 9.94. The van der Waals surface area contributed by atoms with E-state index in [0.717, 1.165) is 25.1 Å². The minimum atomic E-state index is -1.54. The fourth-order valence-electron chi connectivity index (χ4n) is 2.80. The lowest BCUT2D eigenvalue weighted by Crippen LogP contribution is -2.43. The standard InChI is InChI=1S/C14H20FN5O/c1-3-20-9-12(7-16-20)8-19-6-4-5-14(15,10-19)13-17-11(2)18-21-13/h7,9H,3-6,8,10H2,1-2H3. The van der Waals surface area contributed by atoms with Gasteiger partial charge in [-0.15, -0.1) is 0 Å². The van der Waals surface area contributed by atoms with Gasteiger partial charge in [-0.3, -0.25) is 9.58 Å². The third kappa shape index (κ3) is 2.97. The fraction of sp³-hybridized carbons (Fsp3) is 0.643. The molecule has 0 N–H and O–H groups in total. The normalized spacial score (nSPS) is 23.6. The number of rotatable bonds is 4. The van der Waals surface area contributed by atoms with Crippen molar-refractivity contribution in [2.45, 2.75) is 45.4 Å². The lowest BCUT2D eigenvalue weighted by molar-refractivity contribution is 0.0124. The molecular formula is C14H20FN5O. The van der Waals surface area contributed by atoms with E-state index >= 15 is 4.39 Å². The van der Waals surface area contributed by atoms with Crippen LogP contribution in [0.2, 0.25) is 0 Å². The van der Waals surface area contributed by atoms with Crippen molar-refractivity contribution < 1.29 is 8.91 Å². The summed E-state index contributed by atoms with van der Waals surface area (Å²) in [6.07, 6.45) is 5.05. The molecule has 114 valence electrons. The fourth-order valence-corrected chi connectivity index (χ4v) is 2.80. The third-order valence-corrected chi connectivity index (χ3v) is 3.85. The minimum Gasteiger partial charge on any atom is -0.336 e. The van der Waals surface area contributed by atoms with Crippen LogP contribution in [0, 0.1) is 6.92 Å². The number of nitrogens with zero attached hydrogens (tertiary/aromatic N) is 5. The van der Waals surface area contributed by atoms with E-state index < -0.39 is 5.67 Å². The van der Waals surface area contributed by atoms with Gasteiger partial charge in [0.1, 0.15) is 0 Å². The quantitative estimate of drug-likeness (QED) is 0.863. The van der Waals surface area contributed by atoms with Crippen molar-refractivity contribution in [2.24, 2.45) is 0 Å². The molecule has 7 heteroatoms. The number of hydrogen-bond donors (Lipinski definition) is 0. The van der Waals surface area contributed by atoms with Crippen molar-refractivity contribution in [3.8, 4) is 0 Å². The molecule has 0 saturated carbocycles. The van der Waals surface area contributed by atoms with E-state index in [1.54, 1.807) is 6.92 Å². The minimum absolute atomic E-state index is 0.106. The molecule has 3 heterocycles. The Kier molecular flexibility index (Phi) is 3.75. The summed E-state index contributed by atoms with van der Waals surface area (Å²) in [5, 5.41) is 7.96. The summed E-state index contributed by atoms with van der Waals surface area (Å²) in [5.74, 6) is 0.581. The molecule has 21 heavy (non-hydrogen) atoms. The van der Waals surface area contributed by atoms with Gasteiger partial charge in [-0.2, -0.15) is 10.1 Å². The van der Waals surface area contributed by atoms with Crippen LogP contribution in [0.15, 0.2) is 16.9 Å². The molecule has 1 saturated heterocycles. The van der Waals surface area contributed by atoms with E-state index in [-0.39, 0.29) is 12.4 Å². The summed E-state index contributed by atoms with van der Waals surface area (Å²) in [6.45, 7) is 6.44. The van der Waals surface area contributed by atoms with Gasteiger partial charge in [0.25, 0.3) is 5.89 Å². The number of piperidine rings is 1. The molecule has 2 aromatic heterocycles. The van der Waals surface area contributed by atoms with Crippen LogP contribution in [0.4, 0.5) is 4.39 Å². The van der Waals surface area contributed by atoms with Gasteiger partial charge in [0, 0.05) is 31.4 Å². The lowest BCUT2D eigenvalue weighted by Gasteiger charge is -2.34. The Hall–Kier alpha value is -1.76. The summed E-state index contributed by atoms with van der Waals surface area (Å²) in [6, 6.07) is 0. The molecular weight excluding hydrogens is 273 g/mol. The zero-order valence-corrected chi connectivity index (χ0v) is 12.4. The van der Waals surface area contributed by atoms with Crippen LogP contribution in [0.5, 0.6) is 0 Å². The van der Waals surface area contributed by atoms with Crippen LogP contribution in [-0.2, 0) is 18.8 Å². The van der Waals surface area contributed by atoms with E-state index in [0.29, 0.717) is 18.8 Å². The van der Waals surface area contributed by atoms with Crippen molar-refractivity contribution in [3.05, 3.63) is 29.7 Å². The molecule has 0 aromatic carbocycles. The van der Waals surface area contributed by atoms with Crippen molar-refractivity contribution in [2.75, 3.05) is 13.1 Å². The second-order valence-electron chi connectivity index (χ2n) is 5.63. The first-order valence-corrected chi connectivity index (χ1v) is 7.32. The molecule has 3 rings (SSSR count). The zero-order valence-electron chi connectivity index (χ0n) is 12.4. The highest BCUT2D eigenvalue weighted by Crippen LogP contribution is 2.35. The number of hydrogen-bond acceptors (Lipinski definition) is 5. The largest absolute Gasteiger partial charge is 0.336 e. The van der Waals surface area contributed by atoms with Crippen molar-refractivity contribution in [1.29, 1.82) is 0 Å². The van der Waals surface area contributed by atoms with Gasteiger partial charge in [-0.25, -0.2) is 4.39 Å². The summed E-state index contributed by atoms with van der Waals surface area (Å²) in [4.78, 5) is 6.15. The molecule has 1 fully saturated rings. The van der Waals surface area contributed by atoms with Gasteiger partial charge in [-0.05, 0) is 33.2 Å². The summed E-state index contributed by atoms with van der Waals surface area (Å²) in [5.41, 5.74) is -0.442. The Morgan fingerprint density at radius 2 is 2.33 bits per heavy atom. The van der Waals surface area contributed by atoms with E-state index in [1.807, 2.05) is 24.0 Å². The number of halogens is 1. The predicted molar refractivity (Wildman–Crippen MR) is 74.2 cm³/mol. The molecule has 0 radical (unpaired) electrons. The topological polar surface area (TPSA) is 60.0 Å². The number of aryl methyl sites for hydroxylation is 2. The Labute approximate surface area is 122 Å². The molecule has 1 unspecified atom stereocenters. The van der Waals surface area contributed by atoms with Gasteiger partial charge in [-0.1, -0.05) is 5.16 Å². The van der Waals surface area contributed by atoms with E-state index in [1.165, 1.54) is 0 Å².